The number of urea groups is 1. The van der Waals surface area contributed by atoms with E-state index in [-0.39, 0.29) is 18.0 Å². The molecule has 0 saturated carbocycles. The molecule has 0 aliphatic carbocycles. The van der Waals surface area contributed by atoms with E-state index in [4.69, 9.17) is 0 Å². The van der Waals surface area contributed by atoms with Gasteiger partial charge < -0.3 is 20.5 Å². The minimum Gasteiger partial charge on any atom is -0.361 e. The van der Waals surface area contributed by atoms with Crippen LogP contribution in [0.2, 0.25) is 0 Å². The molecule has 1 saturated heterocycles. The molecule has 6 heteroatoms. The summed E-state index contributed by atoms with van der Waals surface area (Å²) >= 11 is 0. The number of hydrogen-bond donors (Lipinski definition) is 3. The van der Waals surface area contributed by atoms with E-state index in [9.17, 15) is 9.59 Å². The lowest BCUT2D eigenvalue weighted by molar-refractivity contribution is 0.0578. The number of rotatable bonds is 2. The van der Waals surface area contributed by atoms with Crippen LogP contribution in [0.5, 0.6) is 0 Å². The smallest absolute Gasteiger partial charge is 0.314 e. The number of likely N-dealkylation sites (tertiary alicyclic amines) is 1. The van der Waals surface area contributed by atoms with Gasteiger partial charge in [0.1, 0.15) is 0 Å². The van der Waals surface area contributed by atoms with Gasteiger partial charge in [0.25, 0.3) is 5.91 Å². The van der Waals surface area contributed by atoms with Crippen LogP contribution in [0.3, 0.4) is 0 Å². The highest BCUT2D eigenvalue weighted by molar-refractivity contribution is 5.98. The molecule has 1 aliphatic heterocycles. The van der Waals surface area contributed by atoms with Crippen LogP contribution >= 0.6 is 0 Å². The minimum absolute atomic E-state index is 0.00328. The maximum absolute atomic E-state index is 12.3. The summed E-state index contributed by atoms with van der Waals surface area (Å²) in [6.07, 6.45) is 1.85. The van der Waals surface area contributed by atoms with Crippen LogP contribution in [0.25, 0.3) is 10.9 Å². The number of aromatic nitrogens is 1. The Morgan fingerprint density at radius 1 is 1.30 bits per heavy atom. The van der Waals surface area contributed by atoms with Crippen LogP contribution in [0.4, 0.5) is 4.79 Å². The molecule has 3 rings (SSSR count). The summed E-state index contributed by atoms with van der Waals surface area (Å²) < 4.78 is 0. The van der Waals surface area contributed by atoms with E-state index < -0.39 is 0 Å². The molecule has 2 heterocycles. The largest absolute Gasteiger partial charge is 0.361 e. The lowest BCUT2D eigenvalue weighted by Gasteiger charge is -2.39. The zero-order valence-corrected chi connectivity index (χ0v) is 11.1. The fourth-order valence-corrected chi connectivity index (χ4v) is 2.36. The molecule has 0 atom stereocenters. The molecular formula is C14H16N4O2. The highest BCUT2D eigenvalue weighted by Gasteiger charge is 2.32. The van der Waals surface area contributed by atoms with Gasteiger partial charge >= 0.3 is 6.03 Å². The summed E-state index contributed by atoms with van der Waals surface area (Å²) in [4.78, 5) is 28.2. The lowest BCUT2D eigenvalue weighted by Crippen LogP contribution is -2.62. The number of carbonyl (C=O) groups excluding carboxylic acids is 2. The van der Waals surface area contributed by atoms with Crippen LogP contribution in [0, 0.1) is 0 Å². The molecule has 104 valence electrons. The first-order valence-electron chi connectivity index (χ1n) is 6.52. The van der Waals surface area contributed by atoms with Crippen molar-refractivity contribution in [2.45, 2.75) is 6.04 Å². The third-order valence-electron chi connectivity index (χ3n) is 3.53. The Bertz CT molecular complexity index is 658. The zero-order chi connectivity index (χ0) is 14.1. The Hall–Kier alpha value is -2.50. The molecule has 2 aromatic rings. The zero-order valence-electron chi connectivity index (χ0n) is 11.1. The molecular weight excluding hydrogens is 256 g/mol. The fraction of sp³-hybridized carbons (Fsp3) is 0.286. The van der Waals surface area contributed by atoms with Crippen molar-refractivity contribution < 1.29 is 9.59 Å². The van der Waals surface area contributed by atoms with Gasteiger partial charge in [-0.05, 0) is 23.6 Å². The van der Waals surface area contributed by atoms with Gasteiger partial charge in [-0.25, -0.2) is 4.79 Å². The van der Waals surface area contributed by atoms with Gasteiger partial charge in [-0.1, -0.05) is 6.07 Å². The van der Waals surface area contributed by atoms with Gasteiger partial charge in [0.2, 0.25) is 0 Å². The van der Waals surface area contributed by atoms with Crippen LogP contribution in [0.1, 0.15) is 10.4 Å². The molecule has 1 fully saturated rings. The van der Waals surface area contributed by atoms with Gasteiger partial charge in [0.05, 0.1) is 6.04 Å². The monoisotopic (exact) mass is 272 g/mol. The summed E-state index contributed by atoms with van der Waals surface area (Å²) in [6.45, 7) is 1.10. The van der Waals surface area contributed by atoms with E-state index in [2.05, 4.69) is 15.6 Å². The third-order valence-corrected chi connectivity index (χ3v) is 3.53. The molecule has 0 radical (unpaired) electrons. The van der Waals surface area contributed by atoms with Crippen LogP contribution < -0.4 is 10.6 Å². The van der Waals surface area contributed by atoms with Gasteiger partial charge in [-0.2, -0.15) is 0 Å². The van der Waals surface area contributed by atoms with E-state index in [1.165, 1.54) is 0 Å². The molecule has 1 aliphatic rings. The molecule has 20 heavy (non-hydrogen) atoms. The predicted molar refractivity (Wildman–Crippen MR) is 75.6 cm³/mol. The summed E-state index contributed by atoms with van der Waals surface area (Å²) in [6, 6.07) is 7.41. The van der Waals surface area contributed by atoms with Gasteiger partial charge in [0, 0.05) is 37.4 Å². The van der Waals surface area contributed by atoms with E-state index in [0.717, 1.165) is 10.9 Å². The molecule has 3 N–H and O–H groups in total. The van der Waals surface area contributed by atoms with Gasteiger partial charge in [-0.3, -0.25) is 4.79 Å². The third kappa shape index (κ3) is 2.20. The van der Waals surface area contributed by atoms with Crippen LogP contribution in [-0.4, -0.2) is 48.0 Å². The molecule has 3 amide bonds. The topological polar surface area (TPSA) is 77.2 Å². The number of aromatic amines is 1. The quantitative estimate of drug-likeness (QED) is 0.760. The Morgan fingerprint density at radius 2 is 2.10 bits per heavy atom. The average molecular weight is 272 g/mol. The SMILES string of the molecule is CNC(=O)NC1CN(C(=O)c2ccc3cc[nH]c3c2)C1. The molecule has 0 spiro atoms. The number of hydrogen-bond acceptors (Lipinski definition) is 2. The first-order valence-corrected chi connectivity index (χ1v) is 6.52. The number of nitrogens with zero attached hydrogens (tertiary/aromatic N) is 1. The molecule has 1 aromatic carbocycles. The van der Waals surface area contributed by atoms with Crippen molar-refractivity contribution in [3.8, 4) is 0 Å². The number of benzene rings is 1. The molecule has 1 aromatic heterocycles. The predicted octanol–water partition coefficient (Wildman–Crippen LogP) is 0.921. The van der Waals surface area contributed by atoms with E-state index >= 15 is 0 Å². The van der Waals surface area contributed by atoms with Crippen molar-refractivity contribution in [1.29, 1.82) is 0 Å². The second-order valence-corrected chi connectivity index (χ2v) is 4.91. The number of H-pyrrole nitrogens is 1. The van der Waals surface area contributed by atoms with Gasteiger partial charge in [0.15, 0.2) is 0 Å². The van der Waals surface area contributed by atoms with Crippen molar-refractivity contribution >= 4 is 22.8 Å². The number of amides is 3. The van der Waals surface area contributed by atoms with Crippen LogP contribution in [0.15, 0.2) is 30.5 Å². The Kier molecular flexibility index (Phi) is 3.06. The molecule has 0 unspecified atom stereocenters. The number of fused-ring (bicyclic) bond motifs is 1. The minimum atomic E-state index is -0.213. The Balaban J connectivity index is 1.64. The van der Waals surface area contributed by atoms with E-state index in [1.807, 2.05) is 30.5 Å². The molecule has 0 bridgehead atoms. The Morgan fingerprint density at radius 3 is 2.85 bits per heavy atom. The highest BCUT2D eigenvalue weighted by Crippen LogP contribution is 2.18. The normalized spacial score (nSPS) is 14.9. The van der Waals surface area contributed by atoms with E-state index in [0.29, 0.717) is 18.7 Å². The summed E-state index contributed by atoms with van der Waals surface area (Å²) in [5.74, 6) is -0.00328. The number of carbonyl (C=O) groups is 2. The van der Waals surface area contributed by atoms with Crippen LogP contribution in [-0.2, 0) is 0 Å². The average Bonchev–Trinajstić information content (AvgIpc) is 2.88. The molecule has 6 nitrogen and oxygen atoms in total. The van der Waals surface area contributed by atoms with Crippen molar-refractivity contribution in [1.82, 2.24) is 20.5 Å². The maximum Gasteiger partial charge on any atom is 0.314 e. The highest BCUT2D eigenvalue weighted by atomic mass is 16.2. The standard InChI is InChI=1S/C14H16N4O2/c1-15-14(20)17-11-7-18(8-11)13(19)10-3-2-9-4-5-16-12(9)6-10/h2-6,11,16H,7-8H2,1H3,(H2,15,17,20). The fourth-order valence-electron chi connectivity index (χ4n) is 2.36. The lowest BCUT2D eigenvalue weighted by atomic mass is 10.1. The van der Waals surface area contributed by atoms with Gasteiger partial charge in [-0.15, -0.1) is 0 Å². The number of nitrogens with one attached hydrogen (secondary N) is 3. The van der Waals surface area contributed by atoms with Crippen molar-refractivity contribution in [3.05, 3.63) is 36.0 Å². The van der Waals surface area contributed by atoms with Crippen molar-refractivity contribution in [2.75, 3.05) is 20.1 Å². The van der Waals surface area contributed by atoms with E-state index in [1.54, 1.807) is 11.9 Å². The first kappa shape index (κ1) is 12.5. The maximum atomic E-state index is 12.3. The first-order chi connectivity index (χ1) is 9.67. The summed E-state index contributed by atoms with van der Waals surface area (Å²) in [5.41, 5.74) is 1.62. The second-order valence-electron chi connectivity index (χ2n) is 4.91. The van der Waals surface area contributed by atoms with Crippen molar-refractivity contribution in [2.24, 2.45) is 0 Å². The summed E-state index contributed by atoms with van der Waals surface area (Å²) in [7, 11) is 1.57. The second kappa shape index (κ2) is 4.88. The Labute approximate surface area is 116 Å². The summed E-state index contributed by atoms with van der Waals surface area (Å²) in [5, 5.41) is 6.36. The van der Waals surface area contributed by atoms with Crippen molar-refractivity contribution in [3.63, 3.8) is 0 Å².